The van der Waals surface area contributed by atoms with Gasteiger partial charge in [-0.1, -0.05) is 12.1 Å². The predicted molar refractivity (Wildman–Crippen MR) is 80.2 cm³/mol. The SMILES string of the molecule is O=C1CC(=O)N(Cc2ccc(-c3ccccc3[N+](=O)[O-])o2)C=C1F. The van der Waals surface area contributed by atoms with Crippen LogP contribution in [0.1, 0.15) is 12.2 Å². The number of para-hydroxylation sites is 1. The molecule has 0 bridgehead atoms. The number of furan rings is 1. The molecule has 2 heterocycles. The van der Waals surface area contributed by atoms with Crippen LogP contribution in [0.3, 0.4) is 0 Å². The number of hydrogen-bond acceptors (Lipinski definition) is 5. The number of Topliss-reactive ketones (excluding diaryl/α,β-unsaturated/α-hetero) is 1. The molecule has 0 saturated carbocycles. The summed E-state index contributed by atoms with van der Waals surface area (Å²) in [5.41, 5.74) is 0.194. The zero-order valence-electron chi connectivity index (χ0n) is 12.3. The topological polar surface area (TPSA) is 93.7 Å². The van der Waals surface area contributed by atoms with Crippen LogP contribution in [-0.4, -0.2) is 21.5 Å². The maximum absolute atomic E-state index is 13.3. The number of nitro groups is 1. The quantitative estimate of drug-likeness (QED) is 0.488. The van der Waals surface area contributed by atoms with Crippen molar-refractivity contribution < 1.29 is 23.3 Å². The van der Waals surface area contributed by atoms with E-state index in [1.165, 1.54) is 12.1 Å². The lowest BCUT2D eigenvalue weighted by atomic mass is 10.1. The minimum atomic E-state index is -0.986. The lowest BCUT2D eigenvalue weighted by Gasteiger charge is -2.20. The number of benzene rings is 1. The molecule has 3 rings (SSSR count). The zero-order valence-corrected chi connectivity index (χ0v) is 12.3. The van der Waals surface area contributed by atoms with E-state index < -0.39 is 28.9 Å². The second kappa shape index (κ2) is 6.07. The summed E-state index contributed by atoms with van der Waals surface area (Å²) in [5, 5.41) is 11.1. The monoisotopic (exact) mass is 330 g/mol. The highest BCUT2D eigenvalue weighted by atomic mass is 19.1. The second-order valence-electron chi connectivity index (χ2n) is 5.14. The molecule has 0 N–H and O–H groups in total. The van der Waals surface area contributed by atoms with Gasteiger partial charge in [0.2, 0.25) is 11.7 Å². The van der Waals surface area contributed by atoms with Crippen molar-refractivity contribution in [3.05, 3.63) is 64.3 Å². The minimum Gasteiger partial charge on any atom is -0.459 e. The van der Waals surface area contributed by atoms with E-state index in [0.29, 0.717) is 11.3 Å². The molecule has 122 valence electrons. The Morgan fingerprint density at radius 1 is 1.21 bits per heavy atom. The first-order valence-corrected chi connectivity index (χ1v) is 6.98. The largest absolute Gasteiger partial charge is 0.459 e. The van der Waals surface area contributed by atoms with Crippen LogP contribution >= 0.6 is 0 Å². The highest BCUT2D eigenvalue weighted by Gasteiger charge is 2.26. The van der Waals surface area contributed by atoms with Crippen molar-refractivity contribution in [1.29, 1.82) is 0 Å². The summed E-state index contributed by atoms with van der Waals surface area (Å²) >= 11 is 0. The smallest absolute Gasteiger partial charge is 0.280 e. The van der Waals surface area contributed by atoms with Crippen molar-refractivity contribution >= 4 is 17.4 Å². The molecule has 24 heavy (non-hydrogen) atoms. The molecule has 1 amide bonds. The van der Waals surface area contributed by atoms with Crippen molar-refractivity contribution in [1.82, 2.24) is 4.90 Å². The molecule has 1 aromatic heterocycles. The molecule has 1 aliphatic rings. The van der Waals surface area contributed by atoms with Crippen molar-refractivity contribution in [2.24, 2.45) is 0 Å². The third-order valence-electron chi connectivity index (χ3n) is 3.52. The molecule has 0 atom stereocenters. The summed E-state index contributed by atoms with van der Waals surface area (Å²) < 4.78 is 18.9. The third kappa shape index (κ3) is 2.94. The van der Waals surface area contributed by atoms with Crippen molar-refractivity contribution in [2.45, 2.75) is 13.0 Å². The molecule has 7 nitrogen and oxygen atoms in total. The maximum atomic E-state index is 13.3. The van der Waals surface area contributed by atoms with Crippen LogP contribution in [0.2, 0.25) is 0 Å². The predicted octanol–water partition coefficient (Wildman–Crippen LogP) is 2.97. The summed E-state index contributed by atoms with van der Waals surface area (Å²) in [4.78, 5) is 34.4. The number of hydrogen-bond donors (Lipinski definition) is 0. The highest BCUT2D eigenvalue weighted by Crippen LogP contribution is 2.31. The summed E-state index contributed by atoms with van der Waals surface area (Å²) in [6, 6.07) is 9.17. The van der Waals surface area contributed by atoms with Crippen LogP contribution in [0.4, 0.5) is 10.1 Å². The normalized spacial score (nSPS) is 14.7. The van der Waals surface area contributed by atoms with Crippen LogP contribution < -0.4 is 0 Å². The Kier molecular flexibility index (Phi) is 3.95. The highest BCUT2D eigenvalue weighted by molar-refractivity contribution is 6.08. The maximum Gasteiger partial charge on any atom is 0.280 e. The summed E-state index contributed by atoms with van der Waals surface area (Å²) in [6.45, 7) is -0.0693. The Balaban J connectivity index is 1.86. The van der Waals surface area contributed by atoms with Gasteiger partial charge in [0.15, 0.2) is 5.83 Å². The Morgan fingerprint density at radius 2 is 1.96 bits per heavy atom. The number of nitro benzene ring substituents is 1. The van der Waals surface area contributed by atoms with Crippen LogP contribution in [0.5, 0.6) is 0 Å². The van der Waals surface area contributed by atoms with Gasteiger partial charge in [-0.2, -0.15) is 0 Å². The summed E-state index contributed by atoms with van der Waals surface area (Å²) in [7, 11) is 0. The van der Waals surface area contributed by atoms with Crippen LogP contribution in [0.15, 0.2) is 52.8 Å². The number of carbonyl (C=O) groups is 2. The van der Waals surface area contributed by atoms with Crippen LogP contribution in [0.25, 0.3) is 11.3 Å². The van der Waals surface area contributed by atoms with E-state index in [1.54, 1.807) is 24.3 Å². The first-order valence-electron chi connectivity index (χ1n) is 6.98. The van der Waals surface area contributed by atoms with Gasteiger partial charge in [-0.15, -0.1) is 0 Å². The average molecular weight is 330 g/mol. The number of amides is 1. The number of ketones is 1. The number of halogens is 1. The molecule has 0 radical (unpaired) electrons. The van der Waals surface area contributed by atoms with Gasteiger partial charge >= 0.3 is 0 Å². The average Bonchev–Trinajstić information content (AvgIpc) is 3.01. The fourth-order valence-corrected chi connectivity index (χ4v) is 2.35. The minimum absolute atomic E-state index is 0.0693. The van der Waals surface area contributed by atoms with E-state index in [-0.39, 0.29) is 18.0 Å². The standard InChI is InChI=1S/C16H11FN2O5/c17-12-9-18(16(21)7-14(12)20)8-10-5-6-15(24-10)11-3-1-2-4-13(11)19(22)23/h1-6,9H,7-8H2. The van der Waals surface area contributed by atoms with Crippen molar-refractivity contribution in [3.63, 3.8) is 0 Å². The lowest BCUT2D eigenvalue weighted by Crippen LogP contribution is -2.31. The Labute approximate surface area is 135 Å². The molecule has 1 aliphatic heterocycles. The van der Waals surface area contributed by atoms with Gasteiger partial charge in [-0.25, -0.2) is 4.39 Å². The van der Waals surface area contributed by atoms with Gasteiger partial charge in [-0.05, 0) is 18.2 Å². The molecular formula is C16H11FN2O5. The molecule has 0 saturated heterocycles. The van der Waals surface area contributed by atoms with E-state index >= 15 is 0 Å². The van der Waals surface area contributed by atoms with E-state index in [2.05, 4.69) is 0 Å². The molecule has 2 aromatic rings. The van der Waals surface area contributed by atoms with Gasteiger partial charge in [0.05, 0.1) is 23.5 Å². The van der Waals surface area contributed by atoms with E-state index in [9.17, 15) is 24.1 Å². The Bertz CT molecular complexity index is 871. The Hall–Kier alpha value is -3.29. The fraction of sp³-hybridized carbons (Fsp3) is 0.125. The molecule has 1 aromatic carbocycles. The number of allylic oxidation sites excluding steroid dienone is 1. The lowest BCUT2D eigenvalue weighted by molar-refractivity contribution is -0.384. The van der Waals surface area contributed by atoms with Gasteiger partial charge < -0.3 is 9.32 Å². The summed E-state index contributed by atoms with van der Waals surface area (Å²) in [6.07, 6.45) is 0.307. The molecule has 0 unspecified atom stereocenters. The van der Waals surface area contributed by atoms with Crippen molar-refractivity contribution in [2.75, 3.05) is 0 Å². The van der Waals surface area contributed by atoms with Crippen LogP contribution in [-0.2, 0) is 16.1 Å². The van der Waals surface area contributed by atoms with Gasteiger partial charge in [-0.3, -0.25) is 19.7 Å². The second-order valence-corrected chi connectivity index (χ2v) is 5.14. The number of nitrogens with zero attached hydrogens (tertiary/aromatic N) is 2. The Morgan fingerprint density at radius 3 is 2.71 bits per heavy atom. The first-order chi connectivity index (χ1) is 11.5. The van der Waals surface area contributed by atoms with Gasteiger partial charge in [0.25, 0.3) is 5.69 Å². The van der Waals surface area contributed by atoms with E-state index in [0.717, 1.165) is 11.1 Å². The summed E-state index contributed by atoms with van der Waals surface area (Å²) in [5.74, 6) is -1.79. The number of rotatable bonds is 4. The van der Waals surface area contributed by atoms with Gasteiger partial charge in [0, 0.05) is 12.3 Å². The molecule has 0 spiro atoms. The molecular weight excluding hydrogens is 319 g/mol. The zero-order chi connectivity index (χ0) is 17.3. The van der Waals surface area contributed by atoms with Gasteiger partial charge in [0.1, 0.15) is 11.5 Å². The fourth-order valence-electron chi connectivity index (χ4n) is 2.35. The van der Waals surface area contributed by atoms with E-state index in [1.807, 2.05) is 0 Å². The van der Waals surface area contributed by atoms with E-state index in [4.69, 9.17) is 4.42 Å². The third-order valence-corrected chi connectivity index (χ3v) is 3.52. The first kappa shape index (κ1) is 15.6. The molecule has 0 fully saturated rings. The number of carbonyl (C=O) groups excluding carboxylic acids is 2. The van der Waals surface area contributed by atoms with Crippen LogP contribution in [0, 0.1) is 10.1 Å². The molecule has 0 aliphatic carbocycles. The van der Waals surface area contributed by atoms with Crippen molar-refractivity contribution in [3.8, 4) is 11.3 Å². The molecule has 8 heteroatoms.